The van der Waals surface area contributed by atoms with Gasteiger partial charge in [0.1, 0.15) is 0 Å². The third-order valence-electron chi connectivity index (χ3n) is 3.42. The third-order valence-corrected chi connectivity index (χ3v) is 3.82. The first-order valence-corrected chi connectivity index (χ1v) is 6.52. The van der Waals surface area contributed by atoms with Crippen LogP contribution < -0.4 is 5.73 Å². The van der Waals surface area contributed by atoms with E-state index in [0.717, 1.165) is 18.5 Å². The van der Waals surface area contributed by atoms with Gasteiger partial charge in [-0.25, -0.2) is 0 Å². The molecule has 88 valence electrons. The van der Waals surface area contributed by atoms with Crippen molar-refractivity contribution >= 4 is 17.3 Å². The van der Waals surface area contributed by atoms with Crippen molar-refractivity contribution in [2.75, 3.05) is 5.73 Å². The molecule has 0 spiro atoms. The van der Waals surface area contributed by atoms with Crippen LogP contribution in [0.1, 0.15) is 37.7 Å². The Labute approximate surface area is 102 Å². The SMILES string of the molecule is Nc1ccncc1CC1CCCCC(Cl)C1. The Hall–Kier alpha value is -0.760. The predicted octanol–water partition coefficient (Wildman–Crippen LogP) is 3.39. The van der Waals surface area contributed by atoms with E-state index >= 15 is 0 Å². The van der Waals surface area contributed by atoms with Crippen LogP contribution in [0, 0.1) is 5.92 Å². The zero-order chi connectivity index (χ0) is 11.4. The summed E-state index contributed by atoms with van der Waals surface area (Å²) in [4.78, 5) is 4.14. The molecule has 2 atom stereocenters. The highest BCUT2D eigenvalue weighted by atomic mass is 35.5. The Morgan fingerprint density at radius 3 is 3.00 bits per heavy atom. The molecule has 1 fully saturated rings. The number of nitrogens with two attached hydrogens (primary N) is 1. The van der Waals surface area contributed by atoms with Crippen molar-refractivity contribution in [3.8, 4) is 0 Å². The van der Waals surface area contributed by atoms with Gasteiger partial charge in [0.25, 0.3) is 0 Å². The molecular weight excluding hydrogens is 220 g/mol. The van der Waals surface area contributed by atoms with E-state index in [9.17, 15) is 0 Å². The predicted molar refractivity (Wildman–Crippen MR) is 68.6 cm³/mol. The Morgan fingerprint density at radius 1 is 1.38 bits per heavy atom. The molecule has 2 unspecified atom stereocenters. The third kappa shape index (κ3) is 3.11. The minimum atomic E-state index is 0.352. The quantitative estimate of drug-likeness (QED) is 0.634. The van der Waals surface area contributed by atoms with Crippen LogP contribution in [0.4, 0.5) is 5.69 Å². The molecule has 16 heavy (non-hydrogen) atoms. The van der Waals surface area contributed by atoms with Gasteiger partial charge < -0.3 is 5.73 Å². The first-order chi connectivity index (χ1) is 7.75. The highest BCUT2D eigenvalue weighted by Gasteiger charge is 2.19. The normalized spacial score (nSPS) is 26.3. The number of halogens is 1. The van der Waals surface area contributed by atoms with E-state index in [1.54, 1.807) is 6.20 Å². The van der Waals surface area contributed by atoms with Crippen LogP contribution in [0.5, 0.6) is 0 Å². The number of anilines is 1. The topological polar surface area (TPSA) is 38.9 Å². The summed E-state index contributed by atoms with van der Waals surface area (Å²) in [6.45, 7) is 0. The lowest BCUT2D eigenvalue weighted by atomic mass is 9.92. The summed E-state index contributed by atoms with van der Waals surface area (Å²) in [6.07, 6.45) is 10.8. The van der Waals surface area contributed by atoms with Crippen LogP contribution in [0.3, 0.4) is 0 Å². The molecule has 2 nitrogen and oxygen atoms in total. The molecule has 3 heteroatoms. The van der Waals surface area contributed by atoms with E-state index in [2.05, 4.69) is 4.98 Å². The van der Waals surface area contributed by atoms with Gasteiger partial charge in [-0.15, -0.1) is 11.6 Å². The second kappa shape index (κ2) is 5.53. The van der Waals surface area contributed by atoms with Crippen LogP contribution in [-0.2, 0) is 6.42 Å². The van der Waals surface area contributed by atoms with Gasteiger partial charge in [0.15, 0.2) is 0 Å². The summed E-state index contributed by atoms with van der Waals surface area (Å²) in [5, 5.41) is 0.352. The minimum Gasteiger partial charge on any atom is -0.398 e. The fourth-order valence-corrected chi connectivity index (χ4v) is 2.91. The van der Waals surface area contributed by atoms with E-state index < -0.39 is 0 Å². The Bertz CT molecular complexity index is 340. The monoisotopic (exact) mass is 238 g/mol. The van der Waals surface area contributed by atoms with Crippen LogP contribution >= 0.6 is 11.6 Å². The number of hydrogen-bond acceptors (Lipinski definition) is 2. The number of nitrogens with zero attached hydrogens (tertiary/aromatic N) is 1. The average molecular weight is 239 g/mol. The highest BCUT2D eigenvalue weighted by molar-refractivity contribution is 6.20. The maximum atomic E-state index is 6.27. The Morgan fingerprint density at radius 2 is 2.19 bits per heavy atom. The number of nitrogen functional groups attached to an aromatic ring is 1. The summed E-state index contributed by atoms with van der Waals surface area (Å²) in [7, 11) is 0. The maximum Gasteiger partial charge on any atom is 0.0377 e. The highest BCUT2D eigenvalue weighted by Crippen LogP contribution is 2.30. The van der Waals surface area contributed by atoms with E-state index in [4.69, 9.17) is 17.3 Å². The van der Waals surface area contributed by atoms with Crippen molar-refractivity contribution in [2.45, 2.75) is 43.9 Å². The molecule has 1 aromatic rings. The molecule has 1 aliphatic carbocycles. The van der Waals surface area contributed by atoms with Gasteiger partial charge in [0.2, 0.25) is 0 Å². The summed E-state index contributed by atoms with van der Waals surface area (Å²) >= 11 is 6.27. The molecule has 2 N–H and O–H groups in total. The molecule has 1 heterocycles. The summed E-state index contributed by atoms with van der Waals surface area (Å²) in [5.74, 6) is 0.677. The Balaban J connectivity index is 2.00. The van der Waals surface area contributed by atoms with Crippen molar-refractivity contribution in [2.24, 2.45) is 5.92 Å². The number of alkyl halides is 1. The lowest BCUT2D eigenvalue weighted by Crippen LogP contribution is -2.10. The number of rotatable bonds is 2. The molecular formula is C13H19ClN2. The maximum absolute atomic E-state index is 6.27. The van der Waals surface area contributed by atoms with Gasteiger partial charge in [-0.3, -0.25) is 4.98 Å². The molecule has 1 saturated carbocycles. The molecule has 2 rings (SSSR count). The van der Waals surface area contributed by atoms with Crippen molar-refractivity contribution in [1.82, 2.24) is 4.98 Å². The smallest absolute Gasteiger partial charge is 0.0377 e. The molecule has 1 aromatic heterocycles. The summed E-state index contributed by atoms with van der Waals surface area (Å²) in [6, 6.07) is 1.88. The fourth-order valence-electron chi connectivity index (χ4n) is 2.50. The zero-order valence-electron chi connectivity index (χ0n) is 9.53. The van der Waals surface area contributed by atoms with Crippen molar-refractivity contribution < 1.29 is 0 Å². The van der Waals surface area contributed by atoms with Crippen molar-refractivity contribution in [1.29, 1.82) is 0 Å². The van der Waals surface area contributed by atoms with Gasteiger partial charge in [-0.1, -0.05) is 19.3 Å². The second-order valence-electron chi connectivity index (χ2n) is 4.76. The van der Waals surface area contributed by atoms with Crippen molar-refractivity contribution in [3.05, 3.63) is 24.0 Å². The number of hydrogen-bond donors (Lipinski definition) is 1. The van der Waals surface area contributed by atoms with Gasteiger partial charge in [0.05, 0.1) is 0 Å². The first-order valence-electron chi connectivity index (χ1n) is 6.08. The summed E-state index contributed by atoms with van der Waals surface area (Å²) in [5.41, 5.74) is 7.98. The lowest BCUT2D eigenvalue weighted by Gasteiger charge is -2.16. The van der Waals surface area contributed by atoms with Gasteiger partial charge in [-0.2, -0.15) is 0 Å². The molecule has 0 bridgehead atoms. The average Bonchev–Trinajstić information content (AvgIpc) is 2.46. The number of aromatic nitrogens is 1. The van der Waals surface area contributed by atoms with Gasteiger partial charge in [0, 0.05) is 23.5 Å². The fraction of sp³-hybridized carbons (Fsp3) is 0.615. The molecule has 0 aromatic carbocycles. The molecule has 0 amide bonds. The molecule has 0 saturated heterocycles. The van der Waals surface area contributed by atoms with E-state index in [1.807, 2.05) is 12.3 Å². The van der Waals surface area contributed by atoms with Gasteiger partial charge in [-0.05, 0) is 36.8 Å². The van der Waals surface area contributed by atoms with Crippen LogP contribution in [0.15, 0.2) is 18.5 Å². The first kappa shape index (κ1) is 11.7. The minimum absolute atomic E-state index is 0.352. The molecule has 0 radical (unpaired) electrons. The van der Waals surface area contributed by atoms with E-state index in [1.165, 1.54) is 31.2 Å². The largest absolute Gasteiger partial charge is 0.398 e. The Kier molecular flexibility index (Phi) is 4.05. The second-order valence-corrected chi connectivity index (χ2v) is 5.38. The van der Waals surface area contributed by atoms with Gasteiger partial charge >= 0.3 is 0 Å². The van der Waals surface area contributed by atoms with E-state index in [-0.39, 0.29) is 0 Å². The van der Waals surface area contributed by atoms with Crippen LogP contribution in [0.25, 0.3) is 0 Å². The lowest BCUT2D eigenvalue weighted by molar-refractivity contribution is 0.460. The van der Waals surface area contributed by atoms with Crippen molar-refractivity contribution in [3.63, 3.8) is 0 Å². The number of pyridine rings is 1. The van der Waals surface area contributed by atoms with Crippen LogP contribution in [-0.4, -0.2) is 10.4 Å². The zero-order valence-corrected chi connectivity index (χ0v) is 10.3. The van der Waals surface area contributed by atoms with Crippen LogP contribution in [0.2, 0.25) is 0 Å². The molecule has 0 aliphatic heterocycles. The standard InChI is InChI=1S/C13H19ClN2/c14-12-4-2-1-3-10(8-12)7-11-9-16-6-5-13(11)15/h5-6,9-10,12H,1-4,7-8H2,(H2,15,16). The summed E-state index contributed by atoms with van der Waals surface area (Å²) < 4.78 is 0. The van der Waals surface area contributed by atoms with E-state index in [0.29, 0.717) is 11.3 Å². The molecule has 1 aliphatic rings.